The highest BCUT2D eigenvalue weighted by molar-refractivity contribution is 6.07. The van der Waals surface area contributed by atoms with Gasteiger partial charge in [0.15, 0.2) is 0 Å². The summed E-state index contributed by atoms with van der Waals surface area (Å²) in [6.07, 6.45) is 1.21. The molecule has 0 atom stereocenters. The van der Waals surface area contributed by atoms with Gasteiger partial charge in [-0.3, -0.25) is 4.79 Å². The van der Waals surface area contributed by atoms with E-state index in [9.17, 15) is 19.8 Å². The molecule has 3 N–H and O–H groups in total. The maximum absolute atomic E-state index is 12.4. The second kappa shape index (κ2) is 8.19. The summed E-state index contributed by atoms with van der Waals surface area (Å²) in [6.45, 7) is 0. The smallest absolute Gasteiger partial charge is 0.337 e. The predicted molar refractivity (Wildman–Crippen MR) is 103 cm³/mol. The molecule has 0 bridgehead atoms. The molecule has 0 saturated carbocycles. The lowest BCUT2D eigenvalue weighted by atomic mass is 10.0. The summed E-state index contributed by atoms with van der Waals surface area (Å²) in [7, 11) is 0. The van der Waals surface area contributed by atoms with Gasteiger partial charge >= 0.3 is 5.97 Å². The van der Waals surface area contributed by atoms with E-state index in [1.807, 2.05) is 12.1 Å². The van der Waals surface area contributed by atoms with Crippen LogP contribution in [-0.2, 0) is 12.8 Å². The molecule has 0 aromatic heterocycles. The molecule has 3 aromatic rings. The Balaban J connectivity index is 1.81. The molecule has 0 aliphatic rings. The highest BCUT2D eigenvalue weighted by atomic mass is 16.4. The number of rotatable bonds is 6. The minimum Gasteiger partial charge on any atom is -0.508 e. The van der Waals surface area contributed by atoms with E-state index in [1.54, 1.807) is 54.6 Å². The second-order valence-corrected chi connectivity index (χ2v) is 6.13. The Hall–Kier alpha value is -3.60. The molecule has 136 valence electrons. The molecular weight excluding hydrogens is 342 g/mol. The zero-order valence-electron chi connectivity index (χ0n) is 14.6. The molecular formula is C22H19NO4. The van der Waals surface area contributed by atoms with Crippen LogP contribution in [0, 0.1) is 0 Å². The van der Waals surface area contributed by atoms with E-state index in [2.05, 4.69) is 5.32 Å². The quantitative estimate of drug-likeness (QED) is 0.616. The number of anilines is 1. The minimum atomic E-state index is -1.11. The summed E-state index contributed by atoms with van der Waals surface area (Å²) in [5.74, 6) is -1.24. The van der Waals surface area contributed by atoms with Crippen LogP contribution in [0.4, 0.5) is 5.69 Å². The molecule has 5 nitrogen and oxygen atoms in total. The highest BCUT2D eigenvalue weighted by Crippen LogP contribution is 2.22. The number of hydrogen-bond acceptors (Lipinski definition) is 3. The van der Waals surface area contributed by atoms with Gasteiger partial charge in [-0.25, -0.2) is 4.79 Å². The molecule has 1 amide bonds. The van der Waals surface area contributed by atoms with Crippen molar-refractivity contribution in [2.24, 2.45) is 0 Å². The number of aromatic hydroxyl groups is 1. The van der Waals surface area contributed by atoms with Crippen LogP contribution in [0.5, 0.6) is 5.75 Å². The van der Waals surface area contributed by atoms with Gasteiger partial charge in [-0.05, 0) is 54.3 Å². The SMILES string of the molecule is O=C(Nc1cc(CCc2ccccc2O)ccc1C(=O)O)c1ccccc1. The average molecular weight is 361 g/mol. The molecule has 0 spiro atoms. The van der Waals surface area contributed by atoms with E-state index >= 15 is 0 Å². The first-order valence-corrected chi connectivity index (χ1v) is 8.54. The molecule has 0 heterocycles. The van der Waals surface area contributed by atoms with E-state index < -0.39 is 5.97 Å². The van der Waals surface area contributed by atoms with Crippen LogP contribution in [0.25, 0.3) is 0 Å². The standard InChI is InChI=1S/C22H19NO4/c24-20-9-5-4-6-16(20)12-10-15-11-13-18(22(26)27)19(14-15)23-21(25)17-7-2-1-3-8-17/h1-9,11,13-14,24H,10,12H2,(H,23,25)(H,26,27). The Kier molecular flexibility index (Phi) is 5.52. The zero-order chi connectivity index (χ0) is 19.2. The fourth-order valence-electron chi connectivity index (χ4n) is 2.82. The zero-order valence-corrected chi connectivity index (χ0v) is 14.6. The molecule has 0 aliphatic heterocycles. The van der Waals surface area contributed by atoms with E-state index in [0.717, 1.165) is 11.1 Å². The lowest BCUT2D eigenvalue weighted by Crippen LogP contribution is -2.15. The number of aryl methyl sites for hydroxylation is 2. The van der Waals surface area contributed by atoms with E-state index in [1.165, 1.54) is 6.07 Å². The first-order valence-electron chi connectivity index (χ1n) is 8.54. The normalized spacial score (nSPS) is 10.4. The summed E-state index contributed by atoms with van der Waals surface area (Å²) in [6, 6.07) is 20.6. The van der Waals surface area contributed by atoms with Gasteiger partial charge in [0, 0.05) is 5.56 Å². The van der Waals surface area contributed by atoms with Gasteiger partial charge < -0.3 is 15.5 Å². The van der Waals surface area contributed by atoms with E-state index in [4.69, 9.17) is 0 Å². The van der Waals surface area contributed by atoms with Crippen molar-refractivity contribution in [3.63, 3.8) is 0 Å². The lowest BCUT2D eigenvalue weighted by Gasteiger charge is -2.11. The van der Waals surface area contributed by atoms with Gasteiger partial charge in [0.2, 0.25) is 0 Å². The number of phenols is 1. The van der Waals surface area contributed by atoms with Crippen molar-refractivity contribution in [3.05, 3.63) is 95.1 Å². The van der Waals surface area contributed by atoms with Crippen molar-refractivity contribution < 1.29 is 19.8 Å². The van der Waals surface area contributed by atoms with Crippen molar-refractivity contribution in [3.8, 4) is 5.75 Å². The number of benzene rings is 3. The number of amides is 1. The van der Waals surface area contributed by atoms with Crippen LogP contribution in [0.3, 0.4) is 0 Å². The number of carboxylic acids is 1. The van der Waals surface area contributed by atoms with Crippen LogP contribution in [-0.4, -0.2) is 22.1 Å². The number of hydrogen-bond donors (Lipinski definition) is 3. The summed E-state index contributed by atoms with van der Waals surface area (Å²) >= 11 is 0. The third-order valence-corrected chi connectivity index (χ3v) is 4.27. The Morgan fingerprint density at radius 2 is 1.56 bits per heavy atom. The first-order chi connectivity index (χ1) is 13.0. The minimum absolute atomic E-state index is 0.0330. The molecule has 5 heteroatoms. The fraction of sp³-hybridized carbons (Fsp3) is 0.0909. The third kappa shape index (κ3) is 4.52. The number of carbonyl (C=O) groups excluding carboxylic acids is 1. The van der Waals surface area contributed by atoms with Gasteiger partial charge in [-0.2, -0.15) is 0 Å². The highest BCUT2D eigenvalue weighted by Gasteiger charge is 2.14. The van der Waals surface area contributed by atoms with Crippen molar-refractivity contribution >= 4 is 17.6 Å². The Bertz CT molecular complexity index is 967. The van der Waals surface area contributed by atoms with Crippen molar-refractivity contribution in [2.75, 3.05) is 5.32 Å². The summed E-state index contributed by atoms with van der Waals surface area (Å²) < 4.78 is 0. The summed E-state index contributed by atoms with van der Waals surface area (Å²) in [4.78, 5) is 23.9. The molecule has 0 saturated heterocycles. The van der Waals surface area contributed by atoms with Crippen molar-refractivity contribution in [1.82, 2.24) is 0 Å². The number of nitrogens with one attached hydrogen (secondary N) is 1. The summed E-state index contributed by atoms with van der Waals surface area (Å²) in [5, 5.41) is 22.0. The van der Waals surface area contributed by atoms with Crippen molar-refractivity contribution in [2.45, 2.75) is 12.8 Å². The Morgan fingerprint density at radius 3 is 2.26 bits per heavy atom. The molecule has 0 aliphatic carbocycles. The topological polar surface area (TPSA) is 86.6 Å². The molecule has 27 heavy (non-hydrogen) atoms. The number of aromatic carboxylic acids is 1. The van der Waals surface area contributed by atoms with Gasteiger partial charge in [0.1, 0.15) is 5.75 Å². The van der Waals surface area contributed by atoms with Crippen LogP contribution >= 0.6 is 0 Å². The van der Waals surface area contributed by atoms with E-state index in [-0.39, 0.29) is 22.9 Å². The lowest BCUT2D eigenvalue weighted by molar-refractivity contribution is 0.0698. The molecule has 0 radical (unpaired) electrons. The molecule has 0 fully saturated rings. The fourth-order valence-corrected chi connectivity index (χ4v) is 2.82. The second-order valence-electron chi connectivity index (χ2n) is 6.13. The van der Waals surface area contributed by atoms with Gasteiger partial charge in [0.25, 0.3) is 5.91 Å². The molecule has 3 rings (SSSR count). The van der Waals surface area contributed by atoms with E-state index in [0.29, 0.717) is 18.4 Å². The van der Waals surface area contributed by atoms with Crippen LogP contribution in [0.15, 0.2) is 72.8 Å². The maximum atomic E-state index is 12.4. The average Bonchev–Trinajstić information content (AvgIpc) is 2.68. The number of para-hydroxylation sites is 1. The van der Waals surface area contributed by atoms with Crippen LogP contribution in [0.1, 0.15) is 31.8 Å². The largest absolute Gasteiger partial charge is 0.508 e. The Morgan fingerprint density at radius 1 is 0.852 bits per heavy atom. The third-order valence-electron chi connectivity index (χ3n) is 4.27. The van der Waals surface area contributed by atoms with Gasteiger partial charge in [0.05, 0.1) is 11.3 Å². The van der Waals surface area contributed by atoms with Crippen LogP contribution < -0.4 is 5.32 Å². The van der Waals surface area contributed by atoms with Gasteiger partial charge in [-0.15, -0.1) is 0 Å². The predicted octanol–water partition coefficient (Wildman–Crippen LogP) is 4.13. The number of carbonyl (C=O) groups is 2. The summed E-state index contributed by atoms with van der Waals surface area (Å²) in [5.41, 5.74) is 2.42. The number of phenolic OH excluding ortho intramolecular Hbond substituents is 1. The first kappa shape index (κ1) is 18.2. The van der Waals surface area contributed by atoms with Gasteiger partial charge in [-0.1, -0.05) is 42.5 Å². The van der Waals surface area contributed by atoms with Crippen molar-refractivity contribution in [1.29, 1.82) is 0 Å². The monoisotopic (exact) mass is 361 g/mol. The Labute approximate surface area is 156 Å². The number of carboxylic acid groups (broad SMARTS) is 1. The van der Waals surface area contributed by atoms with Crippen LogP contribution in [0.2, 0.25) is 0 Å². The molecule has 0 unspecified atom stereocenters. The molecule has 3 aromatic carbocycles. The maximum Gasteiger partial charge on any atom is 0.337 e.